The summed E-state index contributed by atoms with van der Waals surface area (Å²) in [5.74, 6) is 0.855. The van der Waals surface area contributed by atoms with Gasteiger partial charge in [0, 0.05) is 12.1 Å². The van der Waals surface area contributed by atoms with E-state index in [0.29, 0.717) is 5.13 Å². The zero-order valence-corrected chi connectivity index (χ0v) is 13.8. The van der Waals surface area contributed by atoms with Crippen LogP contribution in [0.2, 0.25) is 0 Å². The van der Waals surface area contributed by atoms with E-state index in [9.17, 15) is 0 Å². The van der Waals surface area contributed by atoms with Crippen molar-refractivity contribution >= 4 is 27.5 Å². The molecule has 0 aliphatic heterocycles. The van der Waals surface area contributed by atoms with Crippen LogP contribution in [0.4, 0.5) is 5.13 Å². The van der Waals surface area contributed by atoms with Gasteiger partial charge in [0.1, 0.15) is 10.8 Å². The Bertz CT molecular complexity index is 1010. The number of hydrogen-bond donors (Lipinski definition) is 1. The predicted octanol–water partition coefficient (Wildman–Crippen LogP) is 3.19. The number of methoxy groups -OCH3 is 1. The number of ether oxygens (including phenoxy) is 1. The van der Waals surface area contributed by atoms with Gasteiger partial charge in [-0.15, -0.1) is 10.2 Å². The number of hydrogen-bond acceptors (Lipinski definition) is 6. The Morgan fingerprint density at radius 3 is 2.88 bits per heavy atom. The zero-order chi connectivity index (χ0) is 16.5. The number of rotatable bonds is 4. The number of nitrogen functional groups attached to an aromatic ring is 1. The Labute approximate surface area is 142 Å². The number of nitrogens with two attached hydrogens (primary N) is 1. The van der Waals surface area contributed by atoms with Gasteiger partial charge in [-0.3, -0.25) is 0 Å². The van der Waals surface area contributed by atoms with Crippen LogP contribution in [-0.4, -0.2) is 26.9 Å². The van der Waals surface area contributed by atoms with Crippen LogP contribution in [0.5, 0.6) is 5.75 Å². The van der Waals surface area contributed by atoms with Crippen LogP contribution in [0.1, 0.15) is 5.56 Å². The minimum atomic E-state index is 0.466. The van der Waals surface area contributed by atoms with Crippen LogP contribution in [0.25, 0.3) is 21.6 Å². The lowest BCUT2D eigenvalue weighted by Gasteiger charge is -2.07. The van der Waals surface area contributed by atoms with Crippen molar-refractivity contribution < 1.29 is 4.74 Å². The molecule has 0 saturated carbocycles. The second-order valence-electron chi connectivity index (χ2n) is 5.37. The average Bonchev–Trinajstić information content (AvgIpc) is 3.21. The summed E-state index contributed by atoms with van der Waals surface area (Å²) < 4.78 is 7.39. The van der Waals surface area contributed by atoms with E-state index >= 15 is 0 Å². The van der Waals surface area contributed by atoms with Crippen molar-refractivity contribution in [1.82, 2.24) is 19.7 Å². The average molecular weight is 337 g/mol. The van der Waals surface area contributed by atoms with Gasteiger partial charge in [-0.05, 0) is 35.9 Å². The fraction of sp³-hybridized carbons (Fsp3) is 0.118. The van der Waals surface area contributed by atoms with E-state index in [1.807, 2.05) is 36.7 Å². The highest BCUT2D eigenvalue weighted by molar-refractivity contribution is 7.18. The normalized spacial score (nSPS) is 11.0. The highest BCUT2D eigenvalue weighted by atomic mass is 32.1. The van der Waals surface area contributed by atoms with Crippen LogP contribution in [0.3, 0.4) is 0 Å². The molecule has 0 aliphatic rings. The van der Waals surface area contributed by atoms with E-state index in [0.717, 1.165) is 39.5 Å². The quantitative estimate of drug-likeness (QED) is 0.619. The largest absolute Gasteiger partial charge is 0.497 e. The second-order valence-corrected chi connectivity index (χ2v) is 6.38. The summed E-state index contributed by atoms with van der Waals surface area (Å²) >= 11 is 1.37. The lowest BCUT2D eigenvalue weighted by atomic mass is 10.2. The lowest BCUT2D eigenvalue weighted by Crippen LogP contribution is -1.98. The van der Waals surface area contributed by atoms with Crippen molar-refractivity contribution in [1.29, 1.82) is 0 Å². The Morgan fingerprint density at radius 1 is 1.17 bits per heavy atom. The van der Waals surface area contributed by atoms with Crippen LogP contribution >= 0.6 is 11.3 Å². The number of aromatic nitrogens is 4. The molecular formula is C17H15N5OS. The number of benzene rings is 2. The van der Waals surface area contributed by atoms with E-state index in [4.69, 9.17) is 10.5 Å². The maximum Gasteiger partial charge on any atom is 0.203 e. The molecule has 0 spiro atoms. The predicted molar refractivity (Wildman–Crippen MR) is 95.1 cm³/mol. The highest BCUT2D eigenvalue weighted by Crippen LogP contribution is 2.27. The first kappa shape index (κ1) is 14.6. The first-order valence-corrected chi connectivity index (χ1v) is 8.22. The molecule has 0 saturated heterocycles. The third-order valence-corrected chi connectivity index (χ3v) is 4.60. The number of anilines is 1. The summed E-state index contributed by atoms with van der Waals surface area (Å²) in [7, 11) is 1.67. The summed E-state index contributed by atoms with van der Waals surface area (Å²) in [6.45, 7) is 0.735. The maximum absolute atomic E-state index is 5.66. The Kier molecular flexibility index (Phi) is 3.62. The van der Waals surface area contributed by atoms with Crippen LogP contribution in [0, 0.1) is 0 Å². The molecular weight excluding hydrogens is 322 g/mol. The van der Waals surface area contributed by atoms with Crippen LogP contribution in [0.15, 0.2) is 48.8 Å². The zero-order valence-electron chi connectivity index (χ0n) is 13.0. The van der Waals surface area contributed by atoms with Crippen molar-refractivity contribution in [2.45, 2.75) is 6.54 Å². The third-order valence-electron chi connectivity index (χ3n) is 3.80. The summed E-state index contributed by atoms with van der Waals surface area (Å²) in [6, 6.07) is 14.1. The molecule has 2 aromatic heterocycles. The van der Waals surface area contributed by atoms with Gasteiger partial charge in [0.25, 0.3) is 0 Å². The monoisotopic (exact) mass is 337 g/mol. The van der Waals surface area contributed by atoms with Gasteiger partial charge in [0.05, 0.1) is 24.5 Å². The molecule has 4 aromatic rings. The summed E-state index contributed by atoms with van der Waals surface area (Å²) in [5.41, 5.74) is 9.78. The molecule has 0 fully saturated rings. The van der Waals surface area contributed by atoms with E-state index in [1.165, 1.54) is 11.3 Å². The Balaban J connectivity index is 1.67. The van der Waals surface area contributed by atoms with Gasteiger partial charge in [-0.25, -0.2) is 4.98 Å². The Hall–Kier alpha value is -2.93. The summed E-state index contributed by atoms with van der Waals surface area (Å²) in [4.78, 5) is 4.51. The molecule has 0 aliphatic carbocycles. The molecule has 6 nitrogen and oxygen atoms in total. The first-order valence-electron chi connectivity index (χ1n) is 7.40. The molecule has 7 heteroatoms. The summed E-state index contributed by atoms with van der Waals surface area (Å²) in [6.07, 6.45) is 1.85. The van der Waals surface area contributed by atoms with Gasteiger partial charge < -0.3 is 15.0 Å². The van der Waals surface area contributed by atoms with Crippen molar-refractivity contribution in [2.75, 3.05) is 12.8 Å². The fourth-order valence-electron chi connectivity index (χ4n) is 2.64. The lowest BCUT2D eigenvalue weighted by molar-refractivity contribution is 0.414. The molecule has 2 heterocycles. The standard InChI is InChI=1S/C17H15N5OS/c1-23-13-4-2-3-11(7-13)9-22-10-19-14-8-12(5-6-15(14)22)16-20-21-17(18)24-16/h2-8,10H,9H2,1H3,(H2,18,21). The van der Waals surface area contributed by atoms with Crippen molar-refractivity contribution in [3.8, 4) is 16.3 Å². The number of fused-ring (bicyclic) bond motifs is 1. The molecule has 2 N–H and O–H groups in total. The first-order chi connectivity index (χ1) is 11.7. The molecule has 2 aromatic carbocycles. The highest BCUT2D eigenvalue weighted by Gasteiger charge is 2.09. The van der Waals surface area contributed by atoms with Crippen LogP contribution < -0.4 is 10.5 Å². The van der Waals surface area contributed by atoms with E-state index < -0.39 is 0 Å². The second kappa shape index (κ2) is 5.93. The van der Waals surface area contributed by atoms with E-state index in [-0.39, 0.29) is 0 Å². The minimum Gasteiger partial charge on any atom is -0.497 e. The van der Waals surface area contributed by atoms with Gasteiger partial charge in [0.15, 0.2) is 0 Å². The molecule has 0 amide bonds. The van der Waals surface area contributed by atoms with E-state index in [2.05, 4.69) is 31.9 Å². The van der Waals surface area contributed by atoms with Gasteiger partial charge in [-0.2, -0.15) is 0 Å². The van der Waals surface area contributed by atoms with Gasteiger partial charge >= 0.3 is 0 Å². The number of nitrogens with zero attached hydrogens (tertiary/aromatic N) is 4. The molecule has 24 heavy (non-hydrogen) atoms. The van der Waals surface area contributed by atoms with Gasteiger partial charge in [0.2, 0.25) is 5.13 Å². The summed E-state index contributed by atoms with van der Waals surface area (Å²) in [5, 5.41) is 9.21. The van der Waals surface area contributed by atoms with Crippen molar-refractivity contribution in [3.63, 3.8) is 0 Å². The van der Waals surface area contributed by atoms with Crippen LogP contribution in [-0.2, 0) is 6.54 Å². The molecule has 4 rings (SSSR count). The molecule has 0 bridgehead atoms. The van der Waals surface area contributed by atoms with Gasteiger partial charge in [-0.1, -0.05) is 23.5 Å². The van der Waals surface area contributed by atoms with E-state index in [1.54, 1.807) is 7.11 Å². The SMILES string of the molecule is COc1cccc(Cn2cnc3cc(-c4nnc(N)s4)ccc32)c1. The van der Waals surface area contributed by atoms with Crippen molar-refractivity contribution in [2.24, 2.45) is 0 Å². The molecule has 0 unspecified atom stereocenters. The number of imidazole rings is 1. The molecule has 0 radical (unpaired) electrons. The fourth-order valence-corrected chi connectivity index (χ4v) is 3.25. The van der Waals surface area contributed by atoms with Crippen molar-refractivity contribution in [3.05, 3.63) is 54.4 Å². The Morgan fingerprint density at radius 2 is 2.08 bits per heavy atom. The maximum atomic E-state index is 5.66. The molecule has 120 valence electrons. The smallest absolute Gasteiger partial charge is 0.203 e. The minimum absolute atomic E-state index is 0.466. The topological polar surface area (TPSA) is 78.8 Å². The molecule has 0 atom stereocenters. The third kappa shape index (κ3) is 2.69.